The first-order valence-corrected chi connectivity index (χ1v) is 6.17. The Hall–Kier alpha value is -1.90. The largest absolute Gasteiger partial charge is 0.314 e. The number of nitrogens with one attached hydrogen (secondary N) is 1. The van der Waals surface area contributed by atoms with E-state index in [9.17, 15) is 0 Å². The van der Waals surface area contributed by atoms with E-state index in [0.29, 0.717) is 5.69 Å². The quantitative estimate of drug-likeness (QED) is 0.837. The molecule has 2 aromatic rings. The van der Waals surface area contributed by atoms with E-state index in [4.69, 9.17) is 5.26 Å². The molecule has 3 rings (SSSR count). The predicted molar refractivity (Wildman–Crippen MR) is 68.1 cm³/mol. The van der Waals surface area contributed by atoms with Crippen molar-refractivity contribution in [2.24, 2.45) is 0 Å². The number of hydrogen-bond acceptors (Lipinski definition) is 4. The molecular weight excluding hydrogens is 226 g/mol. The summed E-state index contributed by atoms with van der Waals surface area (Å²) < 4.78 is 2.01. The third-order valence-electron chi connectivity index (χ3n) is 3.30. The minimum absolute atomic E-state index is 0.515. The average molecular weight is 241 g/mol. The van der Waals surface area contributed by atoms with Gasteiger partial charge in [-0.2, -0.15) is 5.26 Å². The first kappa shape index (κ1) is 11.2. The first-order chi connectivity index (χ1) is 8.88. The van der Waals surface area contributed by atoms with Crippen LogP contribution in [0.15, 0.2) is 24.4 Å². The fraction of sp³-hybridized carbons (Fsp3) is 0.385. The Labute approximate surface area is 106 Å². The Bertz CT molecular complexity index is 589. The van der Waals surface area contributed by atoms with Crippen LogP contribution in [-0.4, -0.2) is 40.5 Å². The molecule has 0 amide bonds. The highest BCUT2D eigenvalue weighted by Crippen LogP contribution is 2.13. The minimum atomic E-state index is 0.515. The molecule has 18 heavy (non-hydrogen) atoms. The summed E-state index contributed by atoms with van der Waals surface area (Å²) in [5, 5.41) is 12.4. The van der Waals surface area contributed by atoms with Gasteiger partial charge in [0.05, 0.1) is 12.1 Å². The molecule has 1 aliphatic rings. The van der Waals surface area contributed by atoms with Gasteiger partial charge in [-0.25, -0.2) is 4.98 Å². The first-order valence-electron chi connectivity index (χ1n) is 6.17. The number of nitriles is 1. The molecule has 1 fully saturated rings. The maximum absolute atomic E-state index is 9.11. The molecule has 5 heteroatoms. The zero-order valence-corrected chi connectivity index (χ0v) is 10.1. The number of hydrogen-bond donors (Lipinski definition) is 1. The van der Waals surface area contributed by atoms with Gasteiger partial charge in [-0.05, 0) is 12.1 Å². The summed E-state index contributed by atoms with van der Waals surface area (Å²) in [6.45, 7) is 4.91. The summed E-state index contributed by atoms with van der Waals surface area (Å²) in [4.78, 5) is 6.80. The Kier molecular flexibility index (Phi) is 2.97. The molecule has 0 aromatic carbocycles. The molecule has 0 radical (unpaired) electrons. The number of aromatic nitrogens is 2. The highest BCUT2D eigenvalue weighted by molar-refractivity contribution is 5.58. The summed E-state index contributed by atoms with van der Waals surface area (Å²) >= 11 is 0. The van der Waals surface area contributed by atoms with E-state index in [0.717, 1.165) is 44.1 Å². The lowest BCUT2D eigenvalue weighted by Crippen LogP contribution is -2.43. The molecule has 3 heterocycles. The van der Waals surface area contributed by atoms with Crippen molar-refractivity contribution in [1.82, 2.24) is 19.6 Å². The van der Waals surface area contributed by atoms with Crippen molar-refractivity contribution in [3.8, 4) is 6.07 Å². The van der Waals surface area contributed by atoms with Gasteiger partial charge in [0.1, 0.15) is 11.9 Å². The summed E-state index contributed by atoms with van der Waals surface area (Å²) in [5.41, 5.74) is 1.41. The third kappa shape index (κ3) is 1.96. The van der Waals surface area contributed by atoms with Crippen LogP contribution >= 0.6 is 0 Å². The summed E-state index contributed by atoms with van der Waals surface area (Å²) in [5.74, 6) is 0.948. The molecule has 2 aromatic heterocycles. The Morgan fingerprint density at radius 2 is 2.17 bits per heavy atom. The second-order valence-corrected chi connectivity index (χ2v) is 4.47. The zero-order valence-electron chi connectivity index (χ0n) is 10.1. The molecule has 0 saturated carbocycles. The van der Waals surface area contributed by atoms with Gasteiger partial charge in [0.2, 0.25) is 0 Å². The molecule has 1 N–H and O–H groups in total. The van der Waals surface area contributed by atoms with Gasteiger partial charge in [0.25, 0.3) is 0 Å². The predicted octanol–water partition coefficient (Wildman–Crippen LogP) is 0.611. The monoisotopic (exact) mass is 241 g/mol. The number of fused-ring (bicyclic) bond motifs is 1. The van der Waals surface area contributed by atoms with Crippen molar-refractivity contribution < 1.29 is 0 Å². The maximum Gasteiger partial charge on any atom is 0.166 e. The molecule has 0 aliphatic carbocycles. The van der Waals surface area contributed by atoms with Gasteiger partial charge in [0.15, 0.2) is 5.69 Å². The van der Waals surface area contributed by atoms with Crippen LogP contribution in [-0.2, 0) is 6.54 Å². The van der Waals surface area contributed by atoms with Crippen molar-refractivity contribution in [3.05, 3.63) is 35.9 Å². The lowest BCUT2D eigenvalue weighted by atomic mass is 10.3. The number of nitrogens with zero attached hydrogens (tertiary/aromatic N) is 4. The van der Waals surface area contributed by atoms with Crippen molar-refractivity contribution in [1.29, 1.82) is 5.26 Å². The Balaban J connectivity index is 1.94. The molecule has 1 saturated heterocycles. The highest BCUT2D eigenvalue weighted by Gasteiger charge is 2.15. The Morgan fingerprint density at radius 3 is 2.94 bits per heavy atom. The fourth-order valence-electron chi connectivity index (χ4n) is 2.36. The van der Waals surface area contributed by atoms with Gasteiger partial charge >= 0.3 is 0 Å². The fourth-order valence-corrected chi connectivity index (χ4v) is 2.36. The highest BCUT2D eigenvalue weighted by atomic mass is 15.2. The molecule has 0 unspecified atom stereocenters. The van der Waals surface area contributed by atoms with Crippen molar-refractivity contribution >= 4 is 5.52 Å². The molecule has 0 spiro atoms. The summed E-state index contributed by atoms with van der Waals surface area (Å²) in [6.07, 6.45) is 1.97. The van der Waals surface area contributed by atoms with Crippen LogP contribution in [0.2, 0.25) is 0 Å². The van der Waals surface area contributed by atoms with Crippen LogP contribution in [0.5, 0.6) is 0 Å². The normalized spacial score (nSPS) is 16.8. The van der Waals surface area contributed by atoms with Gasteiger partial charge in [-0.1, -0.05) is 6.07 Å². The molecule has 1 aliphatic heterocycles. The van der Waals surface area contributed by atoms with Crippen molar-refractivity contribution in [2.75, 3.05) is 26.2 Å². The third-order valence-corrected chi connectivity index (χ3v) is 3.30. The molecule has 0 atom stereocenters. The topological polar surface area (TPSA) is 56.4 Å². The van der Waals surface area contributed by atoms with Crippen LogP contribution in [0.1, 0.15) is 11.5 Å². The van der Waals surface area contributed by atoms with Crippen LogP contribution in [0.25, 0.3) is 5.52 Å². The number of imidazole rings is 1. The van der Waals surface area contributed by atoms with Crippen molar-refractivity contribution in [3.63, 3.8) is 0 Å². The second-order valence-electron chi connectivity index (χ2n) is 4.47. The van der Waals surface area contributed by atoms with Crippen LogP contribution in [0.3, 0.4) is 0 Å². The molecule has 0 bridgehead atoms. The molecule has 5 nitrogen and oxygen atoms in total. The molecular formula is C13H15N5. The van der Waals surface area contributed by atoms with Crippen molar-refractivity contribution in [2.45, 2.75) is 6.54 Å². The van der Waals surface area contributed by atoms with E-state index in [-0.39, 0.29) is 0 Å². The number of pyridine rings is 1. The SMILES string of the molecule is N#Cc1nc(CN2CCNCC2)n2ccccc12. The van der Waals surface area contributed by atoms with Gasteiger partial charge in [0, 0.05) is 32.4 Å². The maximum atomic E-state index is 9.11. The van der Waals surface area contributed by atoms with Crippen LogP contribution in [0.4, 0.5) is 0 Å². The van der Waals surface area contributed by atoms with Crippen LogP contribution in [0, 0.1) is 11.3 Å². The standard InChI is InChI=1S/C13H15N5/c14-9-11-12-3-1-2-6-18(12)13(16-11)10-17-7-4-15-5-8-17/h1-3,6,15H,4-5,7-8,10H2. The summed E-state index contributed by atoms with van der Waals surface area (Å²) in [6, 6.07) is 8.01. The van der Waals surface area contributed by atoms with E-state index in [1.54, 1.807) is 0 Å². The number of rotatable bonds is 2. The van der Waals surface area contributed by atoms with Gasteiger partial charge in [-0.15, -0.1) is 0 Å². The zero-order chi connectivity index (χ0) is 12.4. The molecule has 92 valence electrons. The van der Waals surface area contributed by atoms with E-state index in [2.05, 4.69) is 21.3 Å². The van der Waals surface area contributed by atoms with Crippen LogP contribution < -0.4 is 5.32 Å². The van der Waals surface area contributed by atoms with E-state index in [1.165, 1.54) is 0 Å². The lowest BCUT2D eigenvalue weighted by molar-refractivity contribution is 0.227. The summed E-state index contributed by atoms with van der Waals surface area (Å²) in [7, 11) is 0. The van der Waals surface area contributed by atoms with E-state index >= 15 is 0 Å². The van der Waals surface area contributed by atoms with Gasteiger partial charge < -0.3 is 9.72 Å². The smallest absolute Gasteiger partial charge is 0.166 e. The second kappa shape index (κ2) is 4.77. The lowest BCUT2D eigenvalue weighted by Gasteiger charge is -2.26. The van der Waals surface area contributed by atoms with Gasteiger partial charge in [-0.3, -0.25) is 4.90 Å². The Morgan fingerprint density at radius 1 is 1.33 bits per heavy atom. The number of piperazine rings is 1. The van der Waals surface area contributed by atoms with E-state index < -0.39 is 0 Å². The average Bonchev–Trinajstić information content (AvgIpc) is 2.78. The van der Waals surface area contributed by atoms with E-state index in [1.807, 2.05) is 28.8 Å². The minimum Gasteiger partial charge on any atom is -0.314 e.